The molecule has 0 N–H and O–H groups in total. The van der Waals surface area contributed by atoms with Crippen molar-refractivity contribution in [1.82, 2.24) is 5.16 Å². The molecule has 100 valence electrons. The molecule has 1 heterocycles. The first-order valence-electron chi connectivity index (χ1n) is 5.63. The number of aromatic nitrogens is 1. The monoisotopic (exact) mass is 343 g/mol. The van der Waals surface area contributed by atoms with Gasteiger partial charge in [-0.1, -0.05) is 32.7 Å². The largest absolute Gasteiger partial charge is 0.462 e. The minimum Gasteiger partial charge on any atom is -0.462 e. The van der Waals surface area contributed by atoms with Crippen molar-refractivity contribution in [3.05, 3.63) is 39.0 Å². The SMILES string of the molecule is CCOC(=O)c1c(-c2cc(Cl)ccc2Br)noc1C. The van der Waals surface area contributed by atoms with Gasteiger partial charge in [-0.15, -0.1) is 0 Å². The molecule has 2 rings (SSSR count). The van der Waals surface area contributed by atoms with Crippen molar-refractivity contribution in [2.45, 2.75) is 13.8 Å². The average molecular weight is 345 g/mol. The molecule has 0 unspecified atom stereocenters. The molecular formula is C13H11BrClNO3. The van der Waals surface area contributed by atoms with Crippen LogP contribution < -0.4 is 0 Å². The Bertz CT molecular complexity index is 624. The van der Waals surface area contributed by atoms with Crippen molar-refractivity contribution >= 4 is 33.5 Å². The van der Waals surface area contributed by atoms with Gasteiger partial charge in [-0.3, -0.25) is 0 Å². The number of carbonyl (C=O) groups excluding carboxylic acids is 1. The van der Waals surface area contributed by atoms with E-state index in [4.69, 9.17) is 20.9 Å². The predicted octanol–water partition coefficient (Wildman–Crippen LogP) is 4.24. The highest BCUT2D eigenvalue weighted by Gasteiger charge is 2.24. The highest BCUT2D eigenvalue weighted by Crippen LogP contribution is 2.33. The summed E-state index contributed by atoms with van der Waals surface area (Å²) in [4.78, 5) is 11.9. The normalized spacial score (nSPS) is 10.5. The summed E-state index contributed by atoms with van der Waals surface area (Å²) in [5, 5.41) is 4.48. The molecule has 1 aromatic carbocycles. The highest BCUT2D eigenvalue weighted by atomic mass is 79.9. The van der Waals surface area contributed by atoms with Crippen molar-refractivity contribution in [3.63, 3.8) is 0 Å². The van der Waals surface area contributed by atoms with Crippen molar-refractivity contribution in [1.29, 1.82) is 0 Å². The first-order chi connectivity index (χ1) is 9.04. The number of ether oxygens (including phenoxy) is 1. The van der Waals surface area contributed by atoms with Crippen LogP contribution in [0.3, 0.4) is 0 Å². The maximum atomic E-state index is 11.9. The zero-order valence-corrected chi connectivity index (χ0v) is 12.7. The van der Waals surface area contributed by atoms with Crippen molar-refractivity contribution in [3.8, 4) is 11.3 Å². The third-order valence-corrected chi connectivity index (χ3v) is 3.45. The van der Waals surface area contributed by atoms with Gasteiger partial charge in [-0.25, -0.2) is 4.79 Å². The second kappa shape index (κ2) is 5.75. The van der Waals surface area contributed by atoms with E-state index in [1.54, 1.807) is 32.0 Å². The maximum Gasteiger partial charge on any atom is 0.344 e. The lowest BCUT2D eigenvalue weighted by Gasteiger charge is -2.05. The van der Waals surface area contributed by atoms with Crippen LogP contribution in [0, 0.1) is 6.92 Å². The maximum absolute atomic E-state index is 11.9. The molecule has 0 saturated heterocycles. The Morgan fingerprint density at radius 1 is 1.53 bits per heavy atom. The molecule has 0 aliphatic heterocycles. The van der Waals surface area contributed by atoms with Gasteiger partial charge >= 0.3 is 5.97 Å². The van der Waals surface area contributed by atoms with Gasteiger partial charge in [0, 0.05) is 15.1 Å². The van der Waals surface area contributed by atoms with Crippen LogP contribution in [-0.4, -0.2) is 17.7 Å². The molecule has 0 aliphatic rings. The molecular weight excluding hydrogens is 334 g/mol. The van der Waals surface area contributed by atoms with Crippen LogP contribution in [0.2, 0.25) is 5.02 Å². The number of rotatable bonds is 3. The number of hydrogen-bond donors (Lipinski definition) is 0. The zero-order valence-electron chi connectivity index (χ0n) is 10.4. The van der Waals surface area contributed by atoms with Gasteiger partial charge in [-0.05, 0) is 32.0 Å². The number of nitrogens with zero attached hydrogens (tertiary/aromatic N) is 1. The van der Waals surface area contributed by atoms with Gasteiger partial charge in [-0.2, -0.15) is 0 Å². The van der Waals surface area contributed by atoms with Crippen LogP contribution in [-0.2, 0) is 4.74 Å². The lowest BCUT2D eigenvalue weighted by atomic mass is 10.1. The van der Waals surface area contributed by atoms with Gasteiger partial charge in [0.15, 0.2) is 0 Å². The van der Waals surface area contributed by atoms with E-state index in [0.29, 0.717) is 34.2 Å². The van der Waals surface area contributed by atoms with E-state index in [1.807, 2.05) is 0 Å². The molecule has 0 radical (unpaired) electrons. The molecule has 0 aliphatic carbocycles. The molecule has 0 saturated carbocycles. The van der Waals surface area contributed by atoms with E-state index >= 15 is 0 Å². The Hall–Kier alpha value is -1.33. The van der Waals surface area contributed by atoms with Crippen LogP contribution in [0.25, 0.3) is 11.3 Å². The molecule has 0 bridgehead atoms. The number of benzene rings is 1. The first kappa shape index (κ1) is 14.1. The minimum absolute atomic E-state index is 0.291. The van der Waals surface area contributed by atoms with E-state index in [9.17, 15) is 4.79 Å². The number of hydrogen-bond acceptors (Lipinski definition) is 4. The third kappa shape index (κ3) is 2.82. The summed E-state index contributed by atoms with van der Waals surface area (Å²) in [5.41, 5.74) is 1.43. The number of carbonyl (C=O) groups is 1. The molecule has 19 heavy (non-hydrogen) atoms. The van der Waals surface area contributed by atoms with Gasteiger partial charge in [0.05, 0.1) is 6.61 Å². The fourth-order valence-corrected chi connectivity index (χ4v) is 2.29. The van der Waals surface area contributed by atoms with Gasteiger partial charge < -0.3 is 9.26 Å². The Balaban J connectivity index is 2.57. The number of aryl methyl sites for hydroxylation is 1. The quantitative estimate of drug-likeness (QED) is 0.781. The molecule has 0 spiro atoms. The minimum atomic E-state index is -0.455. The second-order valence-corrected chi connectivity index (χ2v) is 5.10. The number of halogens is 2. The van der Waals surface area contributed by atoms with Crippen LogP contribution >= 0.6 is 27.5 Å². The van der Waals surface area contributed by atoms with E-state index in [0.717, 1.165) is 4.47 Å². The third-order valence-electron chi connectivity index (χ3n) is 2.53. The first-order valence-corrected chi connectivity index (χ1v) is 6.80. The lowest BCUT2D eigenvalue weighted by Crippen LogP contribution is -2.06. The topological polar surface area (TPSA) is 52.3 Å². The molecule has 1 aromatic heterocycles. The highest BCUT2D eigenvalue weighted by molar-refractivity contribution is 9.10. The molecule has 4 nitrogen and oxygen atoms in total. The Kier molecular flexibility index (Phi) is 4.27. The molecule has 0 fully saturated rings. The molecule has 6 heteroatoms. The van der Waals surface area contributed by atoms with Gasteiger partial charge in [0.1, 0.15) is 17.0 Å². The Morgan fingerprint density at radius 3 is 2.95 bits per heavy atom. The predicted molar refractivity (Wildman–Crippen MR) is 75.3 cm³/mol. The molecule has 0 amide bonds. The van der Waals surface area contributed by atoms with Crippen molar-refractivity contribution in [2.75, 3.05) is 6.61 Å². The van der Waals surface area contributed by atoms with E-state index in [2.05, 4.69) is 21.1 Å². The summed E-state index contributed by atoms with van der Waals surface area (Å²) in [5.74, 6) is -0.0385. The van der Waals surface area contributed by atoms with Crippen LogP contribution in [0.15, 0.2) is 27.2 Å². The van der Waals surface area contributed by atoms with Crippen LogP contribution in [0.1, 0.15) is 23.0 Å². The summed E-state index contributed by atoms with van der Waals surface area (Å²) in [6.45, 7) is 3.70. The van der Waals surface area contributed by atoms with Crippen LogP contribution in [0.5, 0.6) is 0 Å². The summed E-state index contributed by atoms with van der Waals surface area (Å²) < 4.78 is 10.9. The van der Waals surface area contributed by atoms with Crippen LogP contribution in [0.4, 0.5) is 0 Å². The summed E-state index contributed by atoms with van der Waals surface area (Å²) >= 11 is 9.38. The Morgan fingerprint density at radius 2 is 2.26 bits per heavy atom. The lowest BCUT2D eigenvalue weighted by molar-refractivity contribution is 0.0525. The molecule has 2 aromatic rings. The standard InChI is InChI=1S/C13H11BrClNO3/c1-3-18-13(17)11-7(2)19-16-12(11)9-6-8(15)4-5-10(9)14/h4-6H,3H2,1-2H3. The van der Waals surface area contributed by atoms with Crippen molar-refractivity contribution < 1.29 is 14.1 Å². The zero-order chi connectivity index (χ0) is 14.0. The summed E-state index contributed by atoms with van der Waals surface area (Å²) in [6.07, 6.45) is 0. The summed E-state index contributed by atoms with van der Waals surface area (Å²) in [6, 6.07) is 5.24. The summed E-state index contributed by atoms with van der Waals surface area (Å²) in [7, 11) is 0. The van der Waals surface area contributed by atoms with Crippen molar-refractivity contribution in [2.24, 2.45) is 0 Å². The smallest absolute Gasteiger partial charge is 0.344 e. The van der Waals surface area contributed by atoms with Gasteiger partial charge in [0.25, 0.3) is 0 Å². The fourth-order valence-electron chi connectivity index (χ4n) is 1.68. The number of esters is 1. The molecule has 0 atom stereocenters. The van der Waals surface area contributed by atoms with E-state index in [1.165, 1.54) is 0 Å². The fraction of sp³-hybridized carbons (Fsp3) is 0.231. The average Bonchev–Trinajstić information content (AvgIpc) is 2.74. The van der Waals surface area contributed by atoms with E-state index < -0.39 is 5.97 Å². The van der Waals surface area contributed by atoms with E-state index in [-0.39, 0.29) is 0 Å². The van der Waals surface area contributed by atoms with Gasteiger partial charge in [0.2, 0.25) is 0 Å². The Labute approximate surface area is 123 Å². The second-order valence-electron chi connectivity index (χ2n) is 3.81.